The second-order valence-corrected chi connectivity index (χ2v) is 8.71. The number of carbonyl (C=O) groups excluding carboxylic acids is 1. The summed E-state index contributed by atoms with van der Waals surface area (Å²) in [5, 5.41) is 5.52. The summed E-state index contributed by atoms with van der Waals surface area (Å²) >= 11 is 3.77. The molecule has 0 fully saturated rings. The molecule has 0 aromatic carbocycles. The summed E-state index contributed by atoms with van der Waals surface area (Å²) in [5.41, 5.74) is 2.01. The fourth-order valence-electron chi connectivity index (χ4n) is 3.23. The van der Waals surface area contributed by atoms with Crippen LogP contribution in [0.25, 0.3) is 4.91 Å². The van der Waals surface area contributed by atoms with Gasteiger partial charge >= 0.3 is 0 Å². The molecule has 2 nitrogen and oxygen atoms in total. The molecule has 4 heteroatoms. The van der Waals surface area contributed by atoms with Crippen LogP contribution in [-0.2, 0) is 4.79 Å². The molecule has 0 bridgehead atoms. The van der Waals surface area contributed by atoms with Gasteiger partial charge < -0.3 is 5.32 Å². The molecule has 2 heterocycles. The van der Waals surface area contributed by atoms with Crippen LogP contribution in [0.1, 0.15) is 56.7 Å². The van der Waals surface area contributed by atoms with E-state index in [1.165, 1.54) is 47.6 Å². The van der Waals surface area contributed by atoms with Crippen LogP contribution in [0.2, 0.25) is 0 Å². The Morgan fingerprint density at radius 3 is 3.08 bits per heavy atom. The topological polar surface area (TPSA) is 29.1 Å². The zero-order chi connectivity index (χ0) is 17.5. The standard InChI is InChI=1S/C21H27NOS2/c1-2-3-4-5-8-16-13-20(25-15-16)21-18(11-12-24-21)22-14-17-9-6-7-10-19(17)23/h7,10-14,16,22H,2-6,8-9,15H2,1H3. The van der Waals surface area contributed by atoms with Gasteiger partial charge in [0.25, 0.3) is 0 Å². The number of allylic oxidation sites excluding steroid dienone is 4. The number of hydrogen-bond donors (Lipinski definition) is 1. The van der Waals surface area contributed by atoms with Gasteiger partial charge in [0.05, 0.1) is 10.6 Å². The van der Waals surface area contributed by atoms with Crippen LogP contribution in [0.4, 0.5) is 5.69 Å². The van der Waals surface area contributed by atoms with Crippen LogP contribution >= 0.6 is 23.1 Å². The summed E-state index contributed by atoms with van der Waals surface area (Å²) in [4.78, 5) is 14.6. The summed E-state index contributed by atoms with van der Waals surface area (Å²) < 4.78 is 0. The fourth-order valence-corrected chi connectivity index (χ4v) is 5.52. The third-order valence-electron chi connectivity index (χ3n) is 4.73. The van der Waals surface area contributed by atoms with E-state index in [9.17, 15) is 4.79 Å². The molecule has 1 aromatic heterocycles. The lowest BCUT2D eigenvalue weighted by Crippen LogP contribution is -2.05. The van der Waals surface area contributed by atoms with E-state index in [0.717, 1.165) is 30.0 Å². The lowest BCUT2D eigenvalue weighted by atomic mass is 10.0. The van der Waals surface area contributed by atoms with Crippen molar-refractivity contribution in [3.05, 3.63) is 46.3 Å². The Kier molecular flexibility index (Phi) is 7.00. The molecule has 2 aliphatic rings. The Balaban J connectivity index is 1.61. The predicted molar refractivity (Wildman–Crippen MR) is 112 cm³/mol. The van der Waals surface area contributed by atoms with Crippen molar-refractivity contribution >= 4 is 39.5 Å². The predicted octanol–water partition coefficient (Wildman–Crippen LogP) is 6.64. The van der Waals surface area contributed by atoms with Gasteiger partial charge in [-0.25, -0.2) is 0 Å². The van der Waals surface area contributed by atoms with Crippen molar-refractivity contribution in [3.8, 4) is 0 Å². The maximum atomic E-state index is 11.9. The molecule has 25 heavy (non-hydrogen) atoms. The molecule has 0 spiro atoms. The van der Waals surface area contributed by atoms with Crippen LogP contribution in [0.5, 0.6) is 0 Å². The summed E-state index contributed by atoms with van der Waals surface area (Å²) in [5.74, 6) is 2.07. The van der Waals surface area contributed by atoms with Crippen molar-refractivity contribution in [2.45, 2.75) is 51.9 Å². The van der Waals surface area contributed by atoms with Crippen LogP contribution in [0, 0.1) is 5.92 Å². The van der Waals surface area contributed by atoms with Crippen molar-refractivity contribution in [1.82, 2.24) is 0 Å². The van der Waals surface area contributed by atoms with Gasteiger partial charge in [0.1, 0.15) is 0 Å². The van der Waals surface area contributed by atoms with Crippen molar-refractivity contribution < 1.29 is 4.79 Å². The van der Waals surface area contributed by atoms with Gasteiger partial charge in [-0.1, -0.05) is 44.8 Å². The fraction of sp³-hybridized carbons (Fsp3) is 0.476. The molecule has 1 unspecified atom stereocenters. The highest BCUT2D eigenvalue weighted by molar-refractivity contribution is 8.08. The van der Waals surface area contributed by atoms with E-state index >= 15 is 0 Å². The smallest absolute Gasteiger partial charge is 0.182 e. The van der Waals surface area contributed by atoms with Gasteiger partial charge in [-0.05, 0) is 42.7 Å². The number of ketones is 1. The van der Waals surface area contributed by atoms with Gasteiger partial charge in [-0.2, -0.15) is 0 Å². The molecular weight excluding hydrogens is 346 g/mol. The Labute approximate surface area is 159 Å². The molecule has 1 aliphatic heterocycles. The average molecular weight is 374 g/mol. The summed E-state index contributed by atoms with van der Waals surface area (Å²) in [6.45, 7) is 2.27. The number of rotatable bonds is 8. The molecule has 134 valence electrons. The average Bonchev–Trinajstić information content (AvgIpc) is 3.27. The quantitative estimate of drug-likeness (QED) is 0.409. The zero-order valence-corrected chi connectivity index (χ0v) is 16.6. The largest absolute Gasteiger partial charge is 0.360 e. The number of nitrogens with one attached hydrogen (secondary N) is 1. The molecule has 1 aliphatic carbocycles. The first-order chi connectivity index (χ1) is 12.3. The van der Waals surface area contributed by atoms with Gasteiger partial charge in [-0.15, -0.1) is 23.1 Å². The maximum absolute atomic E-state index is 11.9. The summed E-state index contributed by atoms with van der Waals surface area (Å²) in [6, 6.07) is 2.12. The van der Waals surface area contributed by atoms with E-state index in [1.54, 1.807) is 17.4 Å². The van der Waals surface area contributed by atoms with Crippen LogP contribution in [0.3, 0.4) is 0 Å². The van der Waals surface area contributed by atoms with Crippen molar-refractivity contribution in [1.29, 1.82) is 0 Å². The summed E-state index contributed by atoms with van der Waals surface area (Å²) in [6.07, 6.45) is 16.5. The first-order valence-electron chi connectivity index (χ1n) is 9.37. The molecule has 3 rings (SSSR count). The lowest BCUT2D eigenvalue weighted by Gasteiger charge is -2.09. The maximum Gasteiger partial charge on any atom is 0.182 e. The van der Waals surface area contributed by atoms with Gasteiger partial charge in [-0.3, -0.25) is 4.79 Å². The number of anilines is 1. The number of carbonyl (C=O) groups is 1. The molecule has 0 radical (unpaired) electrons. The monoisotopic (exact) mass is 373 g/mol. The van der Waals surface area contributed by atoms with Crippen LogP contribution < -0.4 is 5.32 Å². The van der Waals surface area contributed by atoms with Gasteiger partial charge in [0, 0.05) is 22.4 Å². The van der Waals surface area contributed by atoms with E-state index in [2.05, 4.69) is 29.8 Å². The molecule has 0 amide bonds. The number of thiophene rings is 1. The van der Waals surface area contributed by atoms with E-state index in [4.69, 9.17) is 0 Å². The highest BCUT2D eigenvalue weighted by atomic mass is 32.2. The minimum Gasteiger partial charge on any atom is -0.360 e. The first kappa shape index (κ1) is 18.5. The van der Waals surface area contributed by atoms with Crippen molar-refractivity contribution in [2.75, 3.05) is 11.1 Å². The lowest BCUT2D eigenvalue weighted by molar-refractivity contribution is -0.111. The minimum atomic E-state index is 0.136. The molecule has 0 saturated heterocycles. The number of hydrogen-bond acceptors (Lipinski definition) is 4. The van der Waals surface area contributed by atoms with Crippen LogP contribution in [-0.4, -0.2) is 11.5 Å². The van der Waals surface area contributed by atoms with E-state index in [0.29, 0.717) is 0 Å². The minimum absolute atomic E-state index is 0.136. The second-order valence-electron chi connectivity index (χ2n) is 6.73. The highest BCUT2D eigenvalue weighted by Gasteiger charge is 2.20. The van der Waals surface area contributed by atoms with E-state index < -0.39 is 0 Å². The van der Waals surface area contributed by atoms with Crippen molar-refractivity contribution in [2.24, 2.45) is 5.92 Å². The SMILES string of the molecule is CCCCCCC1C=C(c2sccc2NC=C2CCC=CC2=O)SC1. The Bertz CT molecular complexity index is 684. The third kappa shape index (κ3) is 5.11. The van der Waals surface area contributed by atoms with E-state index in [1.807, 2.05) is 24.0 Å². The third-order valence-corrected chi connectivity index (χ3v) is 7.05. The number of thioether (sulfide) groups is 1. The Morgan fingerprint density at radius 2 is 2.24 bits per heavy atom. The van der Waals surface area contributed by atoms with Crippen molar-refractivity contribution in [3.63, 3.8) is 0 Å². The normalized spacial score (nSPS) is 21.8. The molecule has 0 saturated carbocycles. The highest BCUT2D eigenvalue weighted by Crippen LogP contribution is 2.43. The molecular formula is C21H27NOS2. The van der Waals surface area contributed by atoms with Crippen LogP contribution in [0.15, 0.2) is 41.4 Å². The molecule has 1 atom stereocenters. The zero-order valence-electron chi connectivity index (χ0n) is 14.9. The Morgan fingerprint density at radius 1 is 1.32 bits per heavy atom. The molecule has 1 N–H and O–H groups in total. The van der Waals surface area contributed by atoms with E-state index in [-0.39, 0.29) is 5.78 Å². The number of unbranched alkanes of at least 4 members (excludes halogenated alkanes) is 3. The Hall–Kier alpha value is -1.26. The molecule has 1 aromatic rings. The van der Waals surface area contributed by atoms with Gasteiger partial charge in [0.15, 0.2) is 5.78 Å². The summed E-state index contributed by atoms with van der Waals surface area (Å²) in [7, 11) is 0. The second kappa shape index (κ2) is 9.44. The van der Waals surface area contributed by atoms with Gasteiger partial charge in [0.2, 0.25) is 0 Å². The first-order valence-corrected chi connectivity index (χ1v) is 11.2.